The number of amides is 4. The second kappa shape index (κ2) is 20.1. The van der Waals surface area contributed by atoms with Gasteiger partial charge in [0.05, 0.1) is 12.0 Å². The van der Waals surface area contributed by atoms with Gasteiger partial charge in [0.2, 0.25) is 11.8 Å². The molecule has 14 heteroatoms. The van der Waals surface area contributed by atoms with E-state index in [2.05, 4.69) is 21.3 Å². The molecule has 0 aliphatic rings. The molecule has 4 aromatic carbocycles. The predicted octanol–water partition coefficient (Wildman–Crippen LogP) is 3.73. The number of nitrogens with one attached hydrogen (secondary N) is 5. The van der Waals surface area contributed by atoms with Gasteiger partial charge in [-0.2, -0.15) is 0 Å². The number of alkyl carbamates (subject to hydrolysis) is 1. The molecule has 14 nitrogen and oxygen atoms in total. The van der Waals surface area contributed by atoms with Gasteiger partial charge in [-0.15, -0.1) is 0 Å². The van der Waals surface area contributed by atoms with Crippen LogP contribution in [0.15, 0.2) is 109 Å². The van der Waals surface area contributed by atoms with Crippen molar-refractivity contribution in [1.29, 1.82) is 5.41 Å². The number of carboxylic acids is 1. The topological polar surface area (TPSA) is 213 Å². The molecule has 4 amide bonds. The number of benzene rings is 4. The number of aromatic carboxylic acids is 1. The summed E-state index contributed by atoms with van der Waals surface area (Å²) in [5.74, 6) is -3.69. The molecule has 0 saturated heterocycles. The van der Waals surface area contributed by atoms with Crippen LogP contribution in [0.25, 0.3) is 0 Å². The highest BCUT2D eigenvalue weighted by Gasteiger charge is 2.25. The van der Waals surface area contributed by atoms with Crippen molar-refractivity contribution in [3.05, 3.63) is 143 Å². The van der Waals surface area contributed by atoms with Gasteiger partial charge in [0, 0.05) is 30.6 Å². The zero-order chi connectivity index (χ0) is 38.0. The lowest BCUT2D eigenvalue weighted by Gasteiger charge is -2.18. The van der Waals surface area contributed by atoms with E-state index in [0.29, 0.717) is 12.0 Å². The Balaban J connectivity index is 1.24. The number of hydrogen-bond acceptors (Lipinski definition) is 9. The van der Waals surface area contributed by atoms with Gasteiger partial charge >= 0.3 is 18.0 Å². The first-order chi connectivity index (χ1) is 25.6. The third kappa shape index (κ3) is 13.4. The molecule has 0 aromatic heterocycles. The van der Waals surface area contributed by atoms with Crippen molar-refractivity contribution in [2.24, 2.45) is 0 Å². The highest BCUT2D eigenvalue weighted by Crippen LogP contribution is 2.08. The SMILES string of the molecule is N=C(NC(=O)OCc1ccccc1)c1ccc(C(=O)NCCC(=O)N[C@@H](CC(=O)OCc2ccccc2)C(=O)NCCc2ccc(C(=O)O)cc2)cc1. The maximum Gasteiger partial charge on any atom is 0.413 e. The van der Waals surface area contributed by atoms with Crippen LogP contribution >= 0.6 is 0 Å². The second-order valence-corrected chi connectivity index (χ2v) is 11.7. The zero-order valence-electron chi connectivity index (χ0n) is 28.6. The van der Waals surface area contributed by atoms with Gasteiger partial charge in [0.25, 0.3) is 5.91 Å². The van der Waals surface area contributed by atoms with Crippen molar-refractivity contribution in [2.75, 3.05) is 13.1 Å². The molecule has 0 aliphatic carbocycles. The summed E-state index contributed by atoms with van der Waals surface area (Å²) in [5.41, 5.74) is 3.03. The molecule has 0 saturated carbocycles. The minimum absolute atomic E-state index is 0.0136. The average Bonchev–Trinajstić information content (AvgIpc) is 3.17. The van der Waals surface area contributed by atoms with Crippen molar-refractivity contribution in [1.82, 2.24) is 21.3 Å². The lowest BCUT2D eigenvalue weighted by Crippen LogP contribution is -2.49. The lowest BCUT2D eigenvalue weighted by atomic mass is 10.1. The maximum atomic E-state index is 13.1. The summed E-state index contributed by atoms with van der Waals surface area (Å²) < 4.78 is 10.4. The van der Waals surface area contributed by atoms with E-state index in [9.17, 15) is 28.8 Å². The zero-order valence-corrected chi connectivity index (χ0v) is 28.6. The molecule has 4 aromatic rings. The standard InChI is InChI=1S/C39H39N5O9/c40-35(44-39(51)53-25-28-9-5-2-6-10-28)29-15-17-30(18-16-29)36(47)41-22-20-33(45)43-32(23-34(46)52-24-27-7-3-1-4-8-27)37(48)42-21-19-26-11-13-31(14-12-26)38(49)50/h1-18,32H,19-25H2,(H,41,47)(H,42,48)(H,43,45)(H,49,50)(H2,40,44,51)/t32-/m0/s1. The van der Waals surface area contributed by atoms with Gasteiger partial charge in [-0.3, -0.25) is 29.9 Å². The van der Waals surface area contributed by atoms with E-state index in [1.165, 1.54) is 36.4 Å². The molecule has 0 bridgehead atoms. The number of amidine groups is 1. The smallest absolute Gasteiger partial charge is 0.413 e. The Morgan fingerprint density at radius 3 is 1.81 bits per heavy atom. The van der Waals surface area contributed by atoms with E-state index in [4.69, 9.17) is 20.0 Å². The van der Waals surface area contributed by atoms with Crippen LogP contribution in [0.5, 0.6) is 0 Å². The molecule has 6 N–H and O–H groups in total. The van der Waals surface area contributed by atoms with Gasteiger partial charge in [0.15, 0.2) is 0 Å². The molecule has 0 heterocycles. The minimum Gasteiger partial charge on any atom is -0.478 e. The summed E-state index contributed by atoms with van der Waals surface area (Å²) in [4.78, 5) is 74.5. The Labute approximate surface area is 305 Å². The van der Waals surface area contributed by atoms with Gasteiger partial charge in [-0.25, -0.2) is 9.59 Å². The van der Waals surface area contributed by atoms with Crippen LogP contribution in [-0.4, -0.2) is 65.8 Å². The minimum atomic E-state index is -1.26. The van der Waals surface area contributed by atoms with Crippen molar-refractivity contribution >= 4 is 41.6 Å². The molecule has 0 spiro atoms. The third-order valence-corrected chi connectivity index (χ3v) is 7.69. The summed E-state index contributed by atoms with van der Waals surface area (Å²) in [6, 6.07) is 28.8. The van der Waals surface area contributed by atoms with E-state index < -0.39 is 48.2 Å². The Morgan fingerprint density at radius 2 is 1.21 bits per heavy atom. The van der Waals surface area contributed by atoms with E-state index in [1.54, 1.807) is 48.5 Å². The van der Waals surface area contributed by atoms with Crippen molar-refractivity contribution in [3.63, 3.8) is 0 Å². The van der Waals surface area contributed by atoms with Crippen LogP contribution in [0.4, 0.5) is 4.79 Å². The number of carbonyl (C=O) groups is 6. The molecule has 274 valence electrons. The Bertz CT molecular complexity index is 1880. The average molecular weight is 722 g/mol. The monoisotopic (exact) mass is 721 g/mol. The molecule has 53 heavy (non-hydrogen) atoms. The number of rotatable bonds is 17. The van der Waals surface area contributed by atoms with Crippen molar-refractivity contribution < 1.29 is 43.3 Å². The fraction of sp³-hybridized carbons (Fsp3) is 0.205. The highest BCUT2D eigenvalue weighted by atomic mass is 16.5. The number of carbonyl (C=O) groups excluding carboxylic acids is 5. The molecule has 0 unspecified atom stereocenters. The molecular formula is C39H39N5O9. The molecular weight excluding hydrogens is 682 g/mol. The predicted molar refractivity (Wildman–Crippen MR) is 193 cm³/mol. The van der Waals surface area contributed by atoms with Crippen LogP contribution in [0, 0.1) is 5.41 Å². The molecule has 4 rings (SSSR count). The number of esters is 1. The van der Waals surface area contributed by atoms with Crippen LogP contribution in [0.1, 0.15) is 55.8 Å². The summed E-state index contributed by atoms with van der Waals surface area (Å²) in [5, 5.41) is 27.4. The van der Waals surface area contributed by atoms with Gasteiger partial charge in [0.1, 0.15) is 25.1 Å². The Hall–Kier alpha value is -6.83. The van der Waals surface area contributed by atoms with Gasteiger partial charge in [-0.1, -0.05) is 84.9 Å². The highest BCUT2D eigenvalue weighted by molar-refractivity contribution is 6.05. The quantitative estimate of drug-likeness (QED) is 0.0532. The van der Waals surface area contributed by atoms with Crippen molar-refractivity contribution in [2.45, 2.75) is 38.5 Å². The molecule has 1 atom stereocenters. The summed E-state index contributed by atoms with van der Waals surface area (Å²) in [7, 11) is 0. The van der Waals surface area contributed by atoms with Crippen LogP contribution in [0.2, 0.25) is 0 Å². The molecule has 0 fully saturated rings. The Morgan fingerprint density at radius 1 is 0.642 bits per heavy atom. The van der Waals surface area contributed by atoms with Crippen LogP contribution in [-0.2, 0) is 43.5 Å². The molecule has 0 aliphatic heterocycles. The van der Waals surface area contributed by atoms with E-state index >= 15 is 0 Å². The van der Waals surface area contributed by atoms with Crippen molar-refractivity contribution in [3.8, 4) is 0 Å². The van der Waals surface area contributed by atoms with Crippen LogP contribution in [0.3, 0.4) is 0 Å². The second-order valence-electron chi connectivity index (χ2n) is 11.7. The largest absolute Gasteiger partial charge is 0.478 e. The lowest BCUT2D eigenvalue weighted by molar-refractivity contribution is -0.147. The fourth-order valence-electron chi connectivity index (χ4n) is 4.82. The molecule has 0 radical (unpaired) electrons. The first-order valence-corrected chi connectivity index (χ1v) is 16.6. The first-order valence-electron chi connectivity index (χ1n) is 16.6. The van der Waals surface area contributed by atoms with E-state index in [-0.39, 0.29) is 49.7 Å². The number of ether oxygens (including phenoxy) is 2. The first kappa shape index (κ1) is 39.0. The third-order valence-electron chi connectivity index (χ3n) is 7.69. The fourth-order valence-corrected chi connectivity index (χ4v) is 4.82. The number of hydrogen-bond donors (Lipinski definition) is 6. The van der Waals surface area contributed by atoms with E-state index in [1.807, 2.05) is 24.3 Å². The van der Waals surface area contributed by atoms with E-state index in [0.717, 1.165) is 16.7 Å². The van der Waals surface area contributed by atoms with Crippen LogP contribution < -0.4 is 21.3 Å². The summed E-state index contributed by atoms with van der Waals surface area (Å²) >= 11 is 0. The van der Waals surface area contributed by atoms with Gasteiger partial charge < -0.3 is 30.5 Å². The number of carboxylic acid groups (broad SMARTS) is 1. The normalized spacial score (nSPS) is 10.9. The van der Waals surface area contributed by atoms with Gasteiger partial charge in [-0.05, 0) is 47.4 Å². The maximum absolute atomic E-state index is 13.1. The summed E-state index contributed by atoms with van der Waals surface area (Å²) in [6.45, 7) is 0.0935. The Kier molecular flexibility index (Phi) is 14.8. The summed E-state index contributed by atoms with van der Waals surface area (Å²) in [6.07, 6.45) is -1.07.